The number of nitrogens with two attached hydrogens (primary N) is 1. The minimum atomic E-state index is -0.241. The Balaban J connectivity index is 2.06. The van der Waals surface area contributed by atoms with Gasteiger partial charge in [-0.15, -0.1) is 0 Å². The maximum Gasteiger partial charge on any atom is 0.126 e. The van der Waals surface area contributed by atoms with E-state index in [1.54, 1.807) is 12.1 Å². The predicted octanol–water partition coefficient (Wildman–Crippen LogP) is 1.38. The first kappa shape index (κ1) is 13.9. The summed E-state index contributed by atoms with van der Waals surface area (Å²) in [7, 11) is 0. The molecule has 1 aliphatic rings. The monoisotopic (exact) mass is 318 g/mol. The van der Waals surface area contributed by atoms with Gasteiger partial charge in [0, 0.05) is 4.47 Å². The average molecular weight is 319 g/mol. The average Bonchev–Trinajstić information content (AvgIpc) is 2.41. The van der Waals surface area contributed by atoms with Gasteiger partial charge in [-0.05, 0) is 30.2 Å². The molecule has 2 atom stereocenters. The number of halogens is 2. The molecule has 0 amide bonds. The molecule has 1 aromatic rings. The van der Waals surface area contributed by atoms with Gasteiger partial charge >= 0.3 is 0 Å². The van der Waals surface area contributed by atoms with Crippen LogP contribution in [0.3, 0.4) is 0 Å². The van der Waals surface area contributed by atoms with Crippen molar-refractivity contribution in [2.24, 2.45) is 5.84 Å². The van der Waals surface area contributed by atoms with Gasteiger partial charge in [-0.3, -0.25) is 11.3 Å². The summed E-state index contributed by atoms with van der Waals surface area (Å²) in [4.78, 5) is 0. The molecule has 3 N–H and O–H groups in total. The molecule has 1 aliphatic heterocycles. The maximum absolute atomic E-state index is 13.7. The first-order chi connectivity index (χ1) is 8.70. The van der Waals surface area contributed by atoms with E-state index < -0.39 is 0 Å². The highest BCUT2D eigenvalue weighted by atomic mass is 79.9. The van der Waals surface area contributed by atoms with E-state index in [2.05, 4.69) is 21.4 Å². The SMILES string of the molecule is NNC(Cc1cc(Br)ccc1F)C1COCCO1. The molecule has 0 aliphatic carbocycles. The number of hydrogen-bond acceptors (Lipinski definition) is 4. The van der Waals surface area contributed by atoms with Crippen LogP contribution in [0.1, 0.15) is 5.56 Å². The van der Waals surface area contributed by atoms with Crippen LogP contribution in [0.25, 0.3) is 0 Å². The van der Waals surface area contributed by atoms with Crippen LogP contribution in [0.2, 0.25) is 0 Å². The smallest absolute Gasteiger partial charge is 0.126 e. The molecule has 2 rings (SSSR count). The lowest BCUT2D eigenvalue weighted by Crippen LogP contribution is -2.50. The van der Waals surface area contributed by atoms with E-state index in [9.17, 15) is 4.39 Å². The lowest BCUT2D eigenvalue weighted by molar-refractivity contribution is -0.101. The van der Waals surface area contributed by atoms with Gasteiger partial charge in [-0.25, -0.2) is 4.39 Å². The highest BCUT2D eigenvalue weighted by Crippen LogP contribution is 2.19. The zero-order valence-electron chi connectivity index (χ0n) is 9.86. The van der Waals surface area contributed by atoms with Crippen molar-refractivity contribution in [3.05, 3.63) is 34.1 Å². The molecule has 0 saturated carbocycles. The number of hydrogen-bond donors (Lipinski definition) is 2. The summed E-state index contributed by atoms with van der Waals surface area (Å²) in [6.45, 7) is 1.62. The van der Waals surface area contributed by atoms with Crippen LogP contribution in [0.5, 0.6) is 0 Å². The minimum absolute atomic E-state index is 0.151. The number of hydrazine groups is 1. The van der Waals surface area contributed by atoms with Crippen molar-refractivity contribution in [2.75, 3.05) is 19.8 Å². The van der Waals surface area contributed by atoms with Crippen molar-refractivity contribution in [1.82, 2.24) is 5.43 Å². The molecule has 6 heteroatoms. The Labute approximate surface area is 114 Å². The molecule has 1 saturated heterocycles. The lowest BCUT2D eigenvalue weighted by Gasteiger charge is -2.30. The van der Waals surface area contributed by atoms with E-state index in [-0.39, 0.29) is 18.0 Å². The molecule has 0 bridgehead atoms. The fourth-order valence-electron chi connectivity index (χ4n) is 1.97. The predicted molar refractivity (Wildman–Crippen MR) is 69.5 cm³/mol. The van der Waals surface area contributed by atoms with Crippen LogP contribution in [-0.2, 0) is 15.9 Å². The lowest BCUT2D eigenvalue weighted by atomic mass is 10.0. The summed E-state index contributed by atoms with van der Waals surface area (Å²) >= 11 is 3.33. The molecule has 0 aromatic heterocycles. The quantitative estimate of drug-likeness (QED) is 0.650. The molecular weight excluding hydrogens is 303 g/mol. The van der Waals surface area contributed by atoms with Gasteiger partial charge in [0.05, 0.1) is 32.0 Å². The standard InChI is InChI=1S/C12H16BrFN2O2/c13-9-1-2-10(14)8(5-9)6-11(16-15)12-7-17-3-4-18-12/h1-2,5,11-12,16H,3-4,6-7,15H2. The van der Waals surface area contributed by atoms with E-state index in [0.717, 1.165) is 4.47 Å². The Morgan fingerprint density at radius 3 is 3.00 bits per heavy atom. The van der Waals surface area contributed by atoms with Gasteiger partial charge < -0.3 is 9.47 Å². The van der Waals surface area contributed by atoms with Gasteiger partial charge in [0.1, 0.15) is 5.82 Å². The van der Waals surface area contributed by atoms with Crippen LogP contribution in [0.15, 0.2) is 22.7 Å². The summed E-state index contributed by atoms with van der Waals surface area (Å²) in [6, 6.07) is 4.69. The first-order valence-electron chi connectivity index (χ1n) is 5.80. The molecule has 0 radical (unpaired) electrons. The number of rotatable bonds is 4. The summed E-state index contributed by atoms with van der Waals surface area (Å²) in [6.07, 6.45) is 0.303. The second kappa shape index (κ2) is 6.58. The van der Waals surface area contributed by atoms with Crippen molar-refractivity contribution >= 4 is 15.9 Å². The molecule has 1 fully saturated rings. The van der Waals surface area contributed by atoms with Crippen LogP contribution >= 0.6 is 15.9 Å². The van der Waals surface area contributed by atoms with Crippen molar-refractivity contribution in [1.29, 1.82) is 0 Å². The normalized spacial score (nSPS) is 21.8. The van der Waals surface area contributed by atoms with Gasteiger partial charge in [-0.2, -0.15) is 0 Å². The van der Waals surface area contributed by atoms with Gasteiger partial charge in [-0.1, -0.05) is 15.9 Å². The number of benzene rings is 1. The Morgan fingerprint density at radius 2 is 2.33 bits per heavy atom. The highest BCUT2D eigenvalue weighted by molar-refractivity contribution is 9.10. The van der Waals surface area contributed by atoms with Gasteiger partial charge in [0.2, 0.25) is 0 Å². The van der Waals surface area contributed by atoms with Crippen LogP contribution in [-0.4, -0.2) is 32.0 Å². The Bertz CT molecular complexity index is 400. The summed E-state index contributed by atoms with van der Waals surface area (Å²) in [5.41, 5.74) is 3.28. The molecule has 2 unspecified atom stereocenters. The molecule has 0 spiro atoms. The van der Waals surface area contributed by atoms with Crippen molar-refractivity contribution in [2.45, 2.75) is 18.6 Å². The van der Waals surface area contributed by atoms with E-state index in [1.807, 2.05) is 0 Å². The maximum atomic E-state index is 13.7. The zero-order valence-corrected chi connectivity index (χ0v) is 11.5. The number of ether oxygens (including phenoxy) is 2. The summed E-state index contributed by atoms with van der Waals surface area (Å²) < 4.78 is 25.4. The molecule has 1 aromatic carbocycles. The third-order valence-corrected chi connectivity index (χ3v) is 3.45. The Morgan fingerprint density at radius 1 is 1.50 bits per heavy atom. The molecule has 4 nitrogen and oxygen atoms in total. The van der Waals surface area contributed by atoms with E-state index in [0.29, 0.717) is 31.8 Å². The highest BCUT2D eigenvalue weighted by Gasteiger charge is 2.25. The van der Waals surface area contributed by atoms with Gasteiger partial charge in [0.25, 0.3) is 0 Å². The van der Waals surface area contributed by atoms with Crippen molar-refractivity contribution in [3.63, 3.8) is 0 Å². The topological polar surface area (TPSA) is 56.5 Å². The summed E-state index contributed by atoms with van der Waals surface area (Å²) in [5, 5.41) is 0. The zero-order chi connectivity index (χ0) is 13.0. The van der Waals surface area contributed by atoms with Crippen molar-refractivity contribution in [3.8, 4) is 0 Å². The molecule has 1 heterocycles. The second-order valence-corrected chi connectivity index (χ2v) is 5.11. The van der Waals surface area contributed by atoms with E-state index in [4.69, 9.17) is 15.3 Å². The largest absolute Gasteiger partial charge is 0.376 e. The molecule has 18 heavy (non-hydrogen) atoms. The fraction of sp³-hybridized carbons (Fsp3) is 0.500. The first-order valence-corrected chi connectivity index (χ1v) is 6.59. The second-order valence-electron chi connectivity index (χ2n) is 4.20. The van der Waals surface area contributed by atoms with Gasteiger partial charge in [0.15, 0.2) is 0 Å². The Hall–Kier alpha value is -0.530. The van der Waals surface area contributed by atoms with Crippen LogP contribution in [0.4, 0.5) is 4.39 Å². The van der Waals surface area contributed by atoms with Crippen LogP contribution in [0, 0.1) is 5.82 Å². The molecule has 100 valence electrons. The third-order valence-electron chi connectivity index (χ3n) is 2.95. The fourth-order valence-corrected chi connectivity index (χ4v) is 2.38. The third kappa shape index (κ3) is 3.49. The number of nitrogens with one attached hydrogen (secondary N) is 1. The molecular formula is C12H16BrFN2O2. The minimum Gasteiger partial charge on any atom is -0.376 e. The summed E-state index contributed by atoms with van der Waals surface area (Å²) in [5.74, 6) is 5.28. The van der Waals surface area contributed by atoms with Crippen molar-refractivity contribution < 1.29 is 13.9 Å². The van der Waals surface area contributed by atoms with E-state index >= 15 is 0 Å². The van der Waals surface area contributed by atoms with E-state index in [1.165, 1.54) is 6.07 Å². The van der Waals surface area contributed by atoms with Crippen LogP contribution < -0.4 is 11.3 Å². The Kier molecular flexibility index (Phi) is 5.08.